The van der Waals surface area contributed by atoms with E-state index >= 15 is 0 Å². The molecule has 55 heavy (non-hydrogen) atoms. The Kier molecular flexibility index (Phi) is 10.9. The van der Waals surface area contributed by atoms with Crippen LogP contribution in [0.15, 0.2) is 35.4 Å². The normalized spacial score (nSPS) is 36.0. The van der Waals surface area contributed by atoms with E-state index in [2.05, 4.69) is 53.8 Å². The second-order valence-electron chi connectivity index (χ2n) is 20.4. The Balaban J connectivity index is 1.30. The monoisotopic (exact) mass is 763 g/mol. The van der Waals surface area contributed by atoms with Gasteiger partial charge in [-0.3, -0.25) is 19.2 Å². The van der Waals surface area contributed by atoms with Crippen molar-refractivity contribution in [2.75, 3.05) is 6.54 Å². The Morgan fingerprint density at radius 3 is 2.22 bits per heavy atom. The molecule has 6 rings (SSSR count). The number of ether oxygens (including phenoxy) is 2. The van der Waals surface area contributed by atoms with Crippen LogP contribution in [0.1, 0.15) is 139 Å². The van der Waals surface area contributed by atoms with Crippen molar-refractivity contribution in [2.45, 2.75) is 152 Å². The first-order valence-corrected chi connectivity index (χ1v) is 20.9. The summed E-state index contributed by atoms with van der Waals surface area (Å²) in [4.78, 5) is 51.9. The highest BCUT2D eigenvalue weighted by molar-refractivity contribution is 6.01. The van der Waals surface area contributed by atoms with Gasteiger partial charge in [0.05, 0.1) is 11.8 Å². The first kappa shape index (κ1) is 41.6. The minimum absolute atomic E-state index is 0.00305. The number of hydrogen-bond donors (Lipinski definition) is 2. The largest absolute Gasteiger partial charge is 0.481 e. The number of carboxylic acid groups (broad SMARTS) is 1. The molecule has 0 amide bonds. The van der Waals surface area contributed by atoms with Crippen LogP contribution in [-0.2, 0) is 35.2 Å². The van der Waals surface area contributed by atoms with Crippen LogP contribution < -0.4 is 5.32 Å². The van der Waals surface area contributed by atoms with Gasteiger partial charge in [0.1, 0.15) is 18.0 Å². The lowest BCUT2D eigenvalue weighted by atomic mass is 9.33. The van der Waals surface area contributed by atoms with Crippen molar-refractivity contribution in [2.24, 2.45) is 56.2 Å². The average Bonchev–Trinajstić information content (AvgIpc) is 3.39. The number of rotatable bonds is 11. The quantitative estimate of drug-likeness (QED) is 0.214. The topological polar surface area (TPSA) is 119 Å². The van der Waals surface area contributed by atoms with Crippen molar-refractivity contribution < 1.29 is 38.1 Å². The van der Waals surface area contributed by atoms with Crippen molar-refractivity contribution >= 4 is 23.7 Å². The summed E-state index contributed by atoms with van der Waals surface area (Å²) in [6.07, 6.45) is 6.88. The minimum Gasteiger partial charge on any atom is -0.481 e. The van der Waals surface area contributed by atoms with Gasteiger partial charge in [0, 0.05) is 37.3 Å². The highest BCUT2D eigenvalue weighted by atomic mass is 19.1. The summed E-state index contributed by atoms with van der Waals surface area (Å²) >= 11 is 0. The van der Waals surface area contributed by atoms with Crippen LogP contribution in [0.3, 0.4) is 0 Å². The van der Waals surface area contributed by atoms with Crippen LogP contribution in [0.4, 0.5) is 4.39 Å². The number of esters is 2. The van der Waals surface area contributed by atoms with E-state index in [9.17, 15) is 28.7 Å². The number of hydrogen-bond acceptors (Lipinski definition) is 7. The third kappa shape index (κ3) is 6.80. The maximum atomic E-state index is 14.3. The molecule has 0 saturated heterocycles. The smallest absolute Gasteiger partial charge is 0.309 e. The number of Topliss-reactive ketones (excluding diaryl/α,β-unsaturated/α-hetero) is 1. The number of nitrogens with one attached hydrogen (secondary N) is 1. The predicted octanol–water partition coefficient (Wildman–Crippen LogP) is 9.24. The van der Waals surface area contributed by atoms with Crippen LogP contribution in [0.25, 0.3) is 0 Å². The van der Waals surface area contributed by atoms with Crippen LogP contribution in [0.5, 0.6) is 0 Å². The molecular formula is C46H66FNO7. The van der Waals surface area contributed by atoms with E-state index in [0.29, 0.717) is 31.3 Å². The van der Waals surface area contributed by atoms with Crippen molar-refractivity contribution in [1.82, 2.24) is 5.32 Å². The second kappa shape index (κ2) is 14.4. The van der Waals surface area contributed by atoms with Gasteiger partial charge in [-0.15, -0.1) is 0 Å². The summed E-state index contributed by atoms with van der Waals surface area (Å²) in [7, 11) is 0. The third-order valence-corrected chi connectivity index (χ3v) is 16.4. The van der Waals surface area contributed by atoms with Gasteiger partial charge in [0.25, 0.3) is 0 Å². The molecule has 1 unspecified atom stereocenters. The number of fused-ring (bicyclic) bond motifs is 7. The van der Waals surface area contributed by atoms with Gasteiger partial charge in [-0.05, 0) is 134 Å². The van der Waals surface area contributed by atoms with E-state index in [4.69, 9.17) is 9.47 Å². The molecule has 4 fully saturated rings. The molecule has 1 aromatic carbocycles. The van der Waals surface area contributed by atoms with Gasteiger partial charge in [0.2, 0.25) is 0 Å². The number of carbonyl (C=O) groups excluding carboxylic acids is 3. The van der Waals surface area contributed by atoms with Gasteiger partial charge in [-0.1, -0.05) is 60.6 Å². The van der Waals surface area contributed by atoms with Gasteiger partial charge in [-0.25, -0.2) is 4.39 Å². The van der Waals surface area contributed by atoms with E-state index in [1.807, 2.05) is 0 Å². The molecule has 1 aromatic rings. The van der Waals surface area contributed by atoms with Gasteiger partial charge in [0.15, 0.2) is 5.78 Å². The van der Waals surface area contributed by atoms with Gasteiger partial charge in [-0.2, -0.15) is 0 Å². The zero-order chi connectivity index (χ0) is 40.5. The summed E-state index contributed by atoms with van der Waals surface area (Å²) in [5.74, 6) is -0.879. The molecule has 0 aromatic heterocycles. The number of halogens is 1. The fourth-order valence-electron chi connectivity index (χ4n) is 13.4. The van der Waals surface area contributed by atoms with E-state index < -0.39 is 28.9 Å². The Bertz CT molecular complexity index is 1730. The molecule has 0 heterocycles. The lowest BCUT2D eigenvalue weighted by Crippen LogP contribution is -2.66. The Hall–Kier alpha value is -3.07. The molecule has 0 bridgehead atoms. The zero-order valence-electron chi connectivity index (χ0n) is 35.0. The van der Waals surface area contributed by atoms with Crippen molar-refractivity contribution in [3.63, 3.8) is 0 Å². The predicted molar refractivity (Wildman–Crippen MR) is 209 cm³/mol. The average molecular weight is 764 g/mol. The van der Waals surface area contributed by atoms with Crippen LogP contribution in [0, 0.1) is 62.0 Å². The summed E-state index contributed by atoms with van der Waals surface area (Å²) in [5.41, 5.74) is 1.04. The van der Waals surface area contributed by atoms with E-state index in [1.165, 1.54) is 24.6 Å². The Morgan fingerprint density at radius 1 is 0.927 bits per heavy atom. The Labute approximate surface area is 328 Å². The molecule has 2 N–H and O–H groups in total. The molecule has 5 aliphatic rings. The Morgan fingerprint density at radius 2 is 1.60 bits per heavy atom. The number of carbonyl (C=O) groups is 4. The number of benzene rings is 1. The van der Waals surface area contributed by atoms with Crippen LogP contribution in [-0.4, -0.2) is 47.6 Å². The second-order valence-corrected chi connectivity index (χ2v) is 20.4. The van der Waals surface area contributed by atoms with Gasteiger partial charge < -0.3 is 19.9 Å². The highest BCUT2D eigenvalue weighted by Crippen LogP contribution is 2.77. The minimum atomic E-state index is -1.18. The van der Waals surface area contributed by atoms with E-state index in [1.54, 1.807) is 26.0 Å². The van der Waals surface area contributed by atoms with E-state index in [0.717, 1.165) is 62.5 Å². The van der Waals surface area contributed by atoms with Gasteiger partial charge >= 0.3 is 17.9 Å². The highest BCUT2D eigenvalue weighted by Gasteiger charge is 2.71. The SMILES string of the molecule is CC(=O)O[C@@H](CNCc1ccc(F)cc1)[C@@]12CC[C@]3(C)[C@H](CC[C@@H]4[C@@]5(C)CC[C@H](OC(=O)CC(C)(C)C(=O)O)C(C)(C)C5CC[C@]43C)C1=C(C(C)C)C(=O)C2. The fraction of sp³-hybridized carbons (Fsp3) is 0.739. The van der Waals surface area contributed by atoms with Crippen molar-refractivity contribution in [3.05, 3.63) is 46.8 Å². The van der Waals surface area contributed by atoms with E-state index in [-0.39, 0.29) is 63.6 Å². The van der Waals surface area contributed by atoms with Crippen molar-refractivity contribution in [3.8, 4) is 0 Å². The number of ketones is 1. The molecule has 304 valence electrons. The lowest BCUT2D eigenvalue weighted by Gasteiger charge is -2.72. The molecular weight excluding hydrogens is 698 g/mol. The fourth-order valence-corrected chi connectivity index (χ4v) is 13.4. The lowest BCUT2D eigenvalue weighted by molar-refractivity contribution is -0.235. The summed E-state index contributed by atoms with van der Waals surface area (Å²) in [6, 6.07) is 6.41. The molecule has 0 spiro atoms. The first-order valence-electron chi connectivity index (χ1n) is 20.9. The molecule has 0 radical (unpaired) electrons. The molecule has 8 nitrogen and oxygen atoms in total. The molecule has 9 heteroatoms. The standard InChI is InChI=1S/C46H66FNO7/c1-27(2)38-32(50)23-46(36(54-28(3)49)26-48-25-29-11-13-30(47)14-12-29)22-21-44(9)31(39(38)46)15-16-34-43(8)19-18-35(55-37(51)24-41(4,5)40(52)53)42(6,7)33(43)17-20-45(34,44)10/h11-14,27,31,33-36,48H,15-26H2,1-10H3,(H,52,53)/t31-,33?,34-,35+,36+,43+,44-,45-,46+/m1/s1. The third-order valence-electron chi connectivity index (χ3n) is 16.4. The maximum Gasteiger partial charge on any atom is 0.309 e. The molecule has 5 aliphatic carbocycles. The van der Waals surface area contributed by atoms with Crippen LogP contribution >= 0.6 is 0 Å². The number of allylic oxidation sites excluding steroid dienone is 1. The molecule has 9 atom stereocenters. The molecule has 0 aliphatic heterocycles. The zero-order valence-corrected chi connectivity index (χ0v) is 35.0. The summed E-state index contributed by atoms with van der Waals surface area (Å²) < 4.78 is 26.0. The summed E-state index contributed by atoms with van der Waals surface area (Å²) in [6.45, 7) is 21.8. The molecule has 4 saturated carbocycles. The number of carboxylic acids is 1. The first-order chi connectivity index (χ1) is 25.5. The maximum absolute atomic E-state index is 14.3. The van der Waals surface area contributed by atoms with Crippen LogP contribution in [0.2, 0.25) is 0 Å². The summed E-state index contributed by atoms with van der Waals surface area (Å²) in [5, 5.41) is 13.1. The van der Waals surface area contributed by atoms with Crippen molar-refractivity contribution in [1.29, 1.82) is 0 Å². The number of aliphatic carboxylic acids is 1.